The summed E-state index contributed by atoms with van der Waals surface area (Å²) in [6.07, 6.45) is 22.7. The zero-order chi connectivity index (χ0) is 57.6. The lowest BCUT2D eigenvalue weighted by atomic mass is 10.1. The van der Waals surface area contributed by atoms with Crippen molar-refractivity contribution >= 4 is 71.1 Å². The van der Waals surface area contributed by atoms with Crippen molar-refractivity contribution in [3.05, 3.63) is 31.5 Å². The smallest absolute Gasteiger partial charge is 0.342 e. The molecule has 0 fully saturated rings. The second-order valence-electron chi connectivity index (χ2n) is 19.6. The van der Waals surface area contributed by atoms with E-state index >= 15 is 0 Å². The van der Waals surface area contributed by atoms with Crippen LogP contribution in [0.2, 0.25) is 0 Å². The molecule has 1 rings (SSSR count). The van der Waals surface area contributed by atoms with Crippen LogP contribution in [0, 0.1) is 0 Å². The number of hydrogen-bond acceptors (Lipinski definition) is 18. The Morgan fingerprint density at radius 2 is 0.513 bits per heavy atom. The maximum atomic E-state index is 14.0. The lowest BCUT2D eigenvalue weighted by Gasteiger charge is -2.23. The van der Waals surface area contributed by atoms with E-state index in [9.17, 15) is 43.2 Å². The van der Waals surface area contributed by atoms with E-state index in [1.807, 2.05) is 0 Å². The SMILES string of the molecule is CCCCCCCCCCOC(=O)CCSCCC(=O)OC(C)n1c(=O)n(C(C)OC(=O)CCSCCC(=O)OCCCCCCCCCC)c(=O)n(C(C)OC(=O)CCSCCC(=O)OCCCCCCCCCC)c1=O. The molecule has 1 aromatic heterocycles. The van der Waals surface area contributed by atoms with Gasteiger partial charge in [0.15, 0.2) is 18.7 Å². The molecule has 0 amide bonds. The highest BCUT2D eigenvalue weighted by molar-refractivity contribution is 7.99. The molecule has 450 valence electrons. The van der Waals surface area contributed by atoms with Crippen LogP contribution in [0.25, 0.3) is 0 Å². The first kappa shape index (κ1) is 72.3. The predicted octanol–water partition coefficient (Wildman–Crippen LogP) is 11.9. The fraction of sp³-hybridized carbons (Fsp3) is 0.842. The molecule has 0 saturated heterocycles. The number of esters is 6. The summed E-state index contributed by atoms with van der Waals surface area (Å²) in [7, 11) is 0. The summed E-state index contributed by atoms with van der Waals surface area (Å²) in [6.45, 7) is 11.5. The highest BCUT2D eigenvalue weighted by atomic mass is 32.2. The molecule has 3 atom stereocenters. The van der Waals surface area contributed by atoms with Gasteiger partial charge in [-0.2, -0.15) is 35.3 Å². The van der Waals surface area contributed by atoms with Crippen molar-refractivity contribution in [3.8, 4) is 0 Å². The van der Waals surface area contributed by atoms with Gasteiger partial charge in [0.2, 0.25) is 0 Å². The summed E-state index contributed by atoms with van der Waals surface area (Å²) >= 11 is 3.99. The Kier molecular flexibility index (Phi) is 44.5. The molecule has 21 heteroatoms. The number of rotatable bonds is 51. The van der Waals surface area contributed by atoms with Gasteiger partial charge in [0.25, 0.3) is 0 Å². The summed E-state index contributed by atoms with van der Waals surface area (Å²) in [5.41, 5.74) is -3.73. The monoisotopic (exact) mass is 1160 g/mol. The number of carbonyl (C=O) groups is 6. The second-order valence-corrected chi connectivity index (χ2v) is 23.3. The normalized spacial score (nSPS) is 12.4. The molecule has 1 aromatic rings. The van der Waals surface area contributed by atoms with Crippen LogP contribution in [-0.2, 0) is 57.2 Å². The first-order chi connectivity index (χ1) is 37.7. The molecule has 0 aromatic carbocycles. The third-order valence-electron chi connectivity index (χ3n) is 12.7. The molecule has 18 nitrogen and oxygen atoms in total. The van der Waals surface area contributed by atoms with Gasteiger partial charge in [-0.1, -0.05) is 156 Å². The van der Waals surface area contributed by atoms with E-state index < -0.39 is 53.7 Å². The van der Waals surface area contributed by atoms with Gasteiger partial charge in [0.1, 0.15) is 0 Å². The van der Waals surface area contributed by atoms with E-state index in [2.05, 4.69) is 20.8 Å². The largest absolute Gasteiger partial charge is 0.466 e. The quantitative estimate of drug-likeness (QED) is 0.0336. The number of nitrogens with zero attached hydrogens (tertiary/aromatic N) is 3. The van der Waals surface area contributed by atoms with Crippen molar-refractivity contribution in [2.45, 2.75) is 253 Å². The van der Waals surface area contributed by atoms with Crippen LogP contribution in [0.1, 0.15) is 253 Å². The first-order valence-corrected chi connectivity index (χ1v) is 32.9. The number of ether oxygens (including phenoxy) is 6. The van der Waals surface area contributed by atoms with E-state index in [1.165, 1.54) is 152 Å². The summed E-state index contributed by atoms with van der Waals surface area (Å²) in [5, 5.41) is 0. The number of aromatic nitrogens is 3. The molecular weight excluding hydrogens is 1060 g/mol. The lowest BCUT2D eigenvalue weighted by Crippen LogP contribution is -2.57. The minimum Gasteiger partial charge on any atom is -0.466 e. The molecule has 1 heterocycles. The molecule has 3 unspecified atom stereocenters. The van der Waals surface area contributed by atoms with Crippen LogP contribution in [-0.4, -0.2) is 104 Å². The Balaban J connectivity index is 2.88. The van der Waals surface area contributed by atoms with Crippen LogP contribution in [0.15, 0.2) is 14.4 Å². The van der Waals surface area contributed by atoms with Crippen LogP contribution >= 0.6 is 35.3 Å². The number of unbranched alkanes of at least 4 members (excludes halogenated alkanes) is 21. The molecular formula is C57H99N3O15S3. The predicted molar refractivity (Wildman–Crippen MR) is 312 cm³/mol. The van der Waals surface area contributed by atoms with Crippen LogP contribution in [0.4, 0.5) is 0 Å². The Bertz CT molecular complexity index is 1740. The molecule has 0 bridgehead atoms. The summed E-state index contributed by atoms with van der Waals surface area (Å²) < 4.78 is 34.1. The molecule has 0 radical (unpaired) electrons. The van der Waals surface area contributed by atoms with Crippen molar-refractivity contribution < 1.29 is 57.2 Å². The van der Waals surface area contributed by atoms with Crippen LogP contribution in [0.5, 0.6) is 0 Å². The number of carbonyl (C=O) groups excluding carboxylic acids is 6. The number of thioether (sulfide) groups is 3. The van der Waals surface area contributed by atoms with Gasteiger partial charge < -0.3 is 28.4 Å². The molecule has 0 aliphatic heterocycles. The Morgan fingerprint density at radius 3 is 0.731 bits per heavy atom. The van der Waals surface area contributed by atoms with E-state index in [-0.39, 0.29) is 73.7 Å². The Labute approximate surface area is 478 Å². The van der Waals surface area contributed by atoms with Crippen molar-refractivity contribution in [2.24, 2.45) is 0 Å². The topological polar surface area (TPSA) is 224 Å². The van der Waals surface area contributed by atoms with Crippen molar-refractivity contribution in [1.82, 2.24) is 13.7 Å². The highest BCUT2D eigenvalue weighted by Crippen LogP contribution is 2.16. The van der Waals surface area contributed by atoms with E-state index in [0.717, 1.165) is 57.8 Å². The van der Waals surface area contributed by atoms with Gasteiger partial charge in [-0.15, -0.1) is 0 Å². The van der Waals surface area contributed by atoms with Crippen molar-refractivity contribution in [3.63, 3.8) is 0 Å². The fourth-order valence-electron chi connectivity index (χ4n) is 8.15. The number of hydrogen-bond donors (Lipinski definition) is 0. The van der Waals surface area contributed by atoms with Crippen LogP contribution in [0.3, 0.4) is 0 Å². The van der Waals surface area contributed by atoms with Gasteiger partial charge in [-0.05, 0) is 40.0 Å². The standard InChI is InChI=1S/C57H99N3O15S3/c1-7-10-13-16-19-22-25-28-37-70-49(61)31-40-76-43-34-52(64)73-46(4)58-55(67)59(47(5)74-53(65)35-44-77-41-32-50(62)71-38-29-26-23-20-17-14-11-8-2)57(69)60(56(58)68)48(6)75-54(66)36-45-78-42-33-51(63)72-39-30-27-24-21-18-15-12-9-3/h46-48H,7-45H2,1-6H3. The molecule has 0 saturated carbocycles. The van der Waals surface area contributed by atoms with E-state index in [0.29, 0.717) is 50.8 Å². The minimum atomic E-state index is -1.57. The van der Waals surface area contributed by atoms with Crippen LogP contribution < -0.4 is 17.1 Å². The molecule has 0 aliphatic carbocycles. The minimum absolute atomic E-state index is 0.135. The lowest BCUT2D eigenvalue weighted by molar-refractivity contribution is -0.154. The third-order valence-corrected chi connectivity index (χ3v) is 15.7. The van der Waals surface area contributed by atoms with Gasteiger partial charge in [-0.25, -0.2) is 28.1 Å². The van der Waals surface area contributed by atoms with Gasteiger partial charge in [0, 0.05) is 34.5 Å². The van der Waals surface area contributed by atoms with Crippen molar-refractivity contribution in [2.75, 3.05) is 54.3 Å². The molecule has 0 aliphatic rings. The maximum absolute atomic E-state index is 14.0. The molecule has 0 N–H and O–H groups in total. The average Bonchev–Trinajstić information content (AvgIpc) is 3.39. The maximum Gasteiger partial charge on any atom is 0.342 e. The second kappa shape index (κ2) is 48.0. The highest BCUT2D eigenvalue weighted by Gasteiger charge is 2.29. The Hall–Kier alpha value is -3.72. The zero-order valence-electron chi connectivity index (χ0n) is 48.5. The first-order valence-electron chi connectivity index (χ1n) is 29.5. The van der Waals surface area contributed by atoms with Gasteiger partial charge in [0.05, 0.1) is 58.3 Å². The molecule has 0 spiro atoms. The van der Waals surface area contributed by atoms with Crippen molar-refractivity contribution in [1.29, 1.82) is 0 Å². The third kappa shape index (κ3) is 35.8. The fourth-order valence-corrected chi connectivity index (χ4v) is 10.6. The van der Waals surface area contributed by atoms with Gasteiger partial charge in [-0.3, -0.25) is 28.8 Å². The summed E-state index contributed by atoms with van der Waals surface area (Å²) in [4.78, 5) is 118. The zero-order valence-corrected chi connectivity index (χ0v) is 50.9. The van der Waals surface area contributed by atoms with Gasteiger partial charge >= 0.3 is 52.9 Å². The van der Waals surface area contributed by atoms with E-state index in [1.54, 1.807) is 0 Å². The average molecular weight is 1160 g/mol. The molecule has 78 heavy (non-hydrogen) atoms. The summed E-state index contributed by atoms with van der Waals surface area (Å²) in [6, 6.07) is 0. The Morgan fingerprint density at radius 1 is 0.321 bits per heavy atom. The summed E-state index contributed by atoms with van der Waals surface area (Å²) in [5.74, 6) is -1.27. The van der Waals surface area contributed by atoms with E-state index in [4.69, 9.17) is 28.4 Å².